The van der Waals surface area contributed by atoms with E-state index in [-0.39, 0.29) is 11.4 Å². The molecule has 0 bridgehead atoms. The fourth-order valence-corrected chi connectivity index (χ4v) is 2.93. The topological polar surface area (TPSA) is 42.0 Å². The Balaban J connectivity index is 1.69. The molecule has 1 aromatic heterocycles. The van der Waals surface area contributed by atoms with E-state index in [1.165, 1.54) is 23.5 Å². The van der Waals surface area contributed by atoms with E-state index in [1.54, 1.807) is 18.3 Å². The third kappa shape index (κ3) is 3.80. The fraction of sp³-hybridized carbons (Fsp3) is 0.0588. The SMILES string of the molecule is O=C(Nc1ncc(Cc2ccc(F)cc2)s1)c1ccc(F)cc1F. The van der Waals surface area contributed by atoms with Crippen molar-refractivity contribution < 1.29 is 18.0 Å². The Morgan fingerprint density at radius 2 is 1.75 bits per heavy atom. The molecule has 0 aliphatic rings. The van der Waals surface area contributed by atoms with E-state index in [0.717, 1.165) is 22.6 Å². The molecular formula is C17H11F3N2OS. The summed E-state index contributed by atoms with van der Waals surface area (Å²) in [4.78, 5) is 16.9. The average Bonchev–Trinajstić information content (AvgIpc) is 2.96. The highest BCUT2D eigenvalue weighted by atomic mass is 32.1. The molecule has 0 saturated heterocycles. The van der Waals surface area contributed by atoms with Crippen LogP contribution < -0.4 is 5.32 Å². The van der Waals surface area contributed by atoms with Crippen molar-refractivity contribution in [2.24, 2.45) is 0 Å². The van der Waals surface area contributed by atoms with Crippen LogP contribution in [-0.2, 0) is 6.42 Å². The van der Waals surface area contributed by atoms with Gasteiger partial charge in [0.25, 0.3) is 5.91 Å². The normalized spacial score (nSPS) is 10.6. The third-order valence-electron chi connectivity index (χ3n) is 3.24. The molecule has 3 aromatic rings. The molecule has 3 rings (SSSR count). The molecular weight excluding hydrogens is 337 g/mol. The number of aromatic nitrogens is 1. The number of rotatable bonds is 4. The summed E-state index contributed by atoms with van der Waals surface area (Å²) < 4.78 is 39.3. The van der Waals surface area contributed by atoms with Gasteiger partial charge in [-0.2, -0.15) is 0 Å². The minimum absolute atomic E-state index is 0.258. The Hall–Kier alpha value is -2.67. The smallest absolute Gasteiger partial charge is 0.260 e. The van der Waals surface area contributed by atoms with E-state index in [4.69, 9.17) is 0 Å². The zero-order valence-corrected chi connectivity index (χ0v) is 13.0. The molecule has 1 N–H and O–H groups in total. The highest BCUT2D eigenvalue weighted by molar-refractivity contribution is 7.15. The predicted octanol–water partition coefficient (Wildman–Crippen LogP) is 4.40. The van der Waals surface area contributed by atoms with Crippen LogP contribution >= 0.6 is 11.3 Å². The maximum atomic E-state index is 13.6. The molecule has 0 atom stereocenters. The third-order valence-corrected chi connectivity index (χ3v) is 4.15. The van der Waals surface area contributed by atoms with Gasteiger partial charge in [-0.05, 0) is 29.8 Å². The van der Waals surface area contributed by atoms with Crippen molar-refractivity contribution in [3.63, 3.8) is 0 Å². The van der Waals surface area contributed by atoms with Gasteiger partial charge in [0.05, 0.1) is 5.56 Å². The number of hydrogen-bond donors (Lipinski definition) is 1. The summed E-state index contributed by atoms with van der Waals surface area (Å²) in [6.07, 6.45) is 2.13. The molecule has 0 aliphatic heterocycles. The molecule has 2 aromatic carbocycles. The van der Waals surface area contributed by atoms with Crippen molar-refractivity contribution in [3.05, 3.63) is 82.1 Å². The molecule has 0 aliphatic carbocycles. The first-order chi connectivity index (χ1) is 11.5. The van der Waals surface area contributed by atoms with Gasteiger partial charge >= 0.3 is 0 Å². The van der Waals surface area contributed by atoms with Crippen LogP contribution in [0.25, 0.3) is 0 Å². The Bertz CT molecular complexity index is 878. The van der Waals surface area contributed by atoms with Crippen LogP contribution in [0.2, 0.25) is 0 Å². The summed E-state index contributed by atoms with van der Waals surface area (Å²) in [5.74, 6) is -2.69. The summed E-state index contributed by atoms with van der Waals surface area (Å²) in [5, 5.41) is 2.79. The number of amides is 1. The summed E-state index contributed by atoms with van der Waals surface area (Å²) in [6.45, 7) is 0. The Kier molecular flexibility index (Phi) is 4.61. The first kappa shape index (κ1) is 16.2. The monoisotopic (exact) mass is 348 g/mol. The molecule has 0 saturated carbocycles. The van der Waals surface area contributed by atoms with Crippen molar-refractivity contribution in [1.29, 1.82) is 0 Å². The lowest BCUT2D eigenvalue weighted by atomic mass is 10.1. The second kappa shape index (κ2) is 6.84. The number of hydrogen-bond acceptors (Lipinski definition) is 3. The lowest BCUT2D eigenvalue weighted by molar-refractivity contribution is 0.102. The predicted molar refractivity (Wildman–Crippen MR) is 85.6 cm³/mol. The van der Waals surface area contributed by atoms with Crippen LogP contribution in [0.3, 0.4) is 0 Å². The second-order valence-electron chi connectivity index (χ2n) is 5.01. The van der Waals surface area contributed by atoms with Crippen molar-refractivity contribution >= 4 is 22.4 Å². The maximum Gasteiger partial charge on any atom is 0.260 e. The Labute approximate surface area is 139 Å². The Morgan fingerprint density at radius 3 is 2.46 bits per heavy atom. The fourth-order valence-electron chi connectivity index (χ4n) is 2.09. The largest absolute Gasteiger partial charge is 0.298 e. The molecule has 24 heavy (non-hydrogen) atoms. The molecule has 1 heterocycles. The number of carbonyl (C=O) groups is 1. The maximum absolute atomic E-state index is 13.6. The van der Waals surface area contributed by atoms with Crippen molar-refractivity contribution in [2.75, 3.05) is 5.32 Å². The molecule has 3 nitrogen and oxygen atoms in total. The van der Waals surface area contributed by atoms with E-state index < -0.39 is 17.5 Å². The molecule has 1 amide bonds. The van der Waals surface area contributed by atoms with Gasteiger partial charge in [0.1, 0.15) is 17.5 Å². The number of carbonyl (C=O) groups excluding carboxylic acids is 1. The molecule has 7 heteroatoms. The lowest BCUT2D eigenvalue weighted by Gasteiger charge is -2.03. The molecule has 0 spiro atoms. The van der Waals surface area contributed by atoms with Gasteiger partial charge in [0.15, 0.2) is 5.13 Å². The number of halogens is 3. The quantitative estimate of drug-likeness (QED) is 0.759. The minimum atomic E-state index is -0.935. The highest BCUT2D eigenvalue weighted by Crippen LogP contribution is 2.22. The van der Waals surface area contributed by atoms with Gasteiger partial charge in [0.2, 0.25) is 0 Å². The van der Waals surface area contributed by atoms with Crippen LogP contribution in [0, 0.1) is 17.5 Å². The van der Waals surface area contributed by atoms with Gasteiger partial charge in [-0.25, -0.2) is 18.2 Å². The van der Waals surface area contributed by atoms with Gasteiger partial charge < -0.3 is 0 Å². The standard InChI is InChI=1S/C17H11F3N2OS/c18-11-3-1-10(2-4-11)7-13-9-21-17(24-13)22-16(23)14-6-5-12(19)8-15(14)20/h1-6,8-9H,7H2,(H,21,22,23). The van der Waals surface area contributed by atoms with Crippen LogP contribution in [0.4, 0.5) is 18.3 Å². The average molecular weight is 348 g/mol. The number of nitrogens with one attached hydrogen (secondary N) is 1. The van der Waals surface area contributed by atoms with E-state index in [9.17, 15) is 18.0 Å². The first-order valence-electron chi connectivity index (χ1n) is 6.97. The summed E-state index contributed by atoms with van der Waals surface area (Å²) in [7, 11) is 0. The summed E-state index contributed by atoms with van der Waals surface area (Å²) >= 11 is 1.23. The second-order valence-corrected chi connectivity index (χ2v) is 6.13. The van der Waals surface area contributed by atoms with E-state index in [0.29, 0.717) is 17.6 Å². The van der Waals surface area contributed by atoms with E-state index in [2.05, 4.69) is 10.3 Å². The zero-order valence-electron chi connectivity index (χ0n) is 12.2. The van der Waals surface area contributed by atoms with Crippen molar-refractivity contribution in [2.45, 2.75) is 6.42 Å². The summed E-state index contributed by atoms with van der Waals surface area (Å²) in [5.41, 5.74) is 0.647. The number of thiazole rings is 1. The first-order valence-corrected chi connectivity index (χ1v) is 7.78. The number of anilines is 1. The van der Waals surface area contributed by atoms with Crippen LogP contribution in [0.1, 0.15) is 20.8 Å². The van der Waals surface area contributed by atoms with E-state index >= 15 is 0 Å². The van der Waals surface area contributed by atoms with Gasteiger partial charge in [-0.3, -0.25) is 10.1 Å². The number of benzene rings is 2. The number of nitrogens with zero attached hydrogens (tertiary/aromatic N) is 1. The minimum Gasteiger partial charge on any atom is -0.298 e. The van der Waals surface area contributed by atoms with Gasteiger partial charge in [0, 0.05) is 23.6 Å². The molecule has 0 fully saturated rings. The molecule has 122 valence electrons. The zero-order chi connectivity index (χ0) is 17.1. The van der Waals surface area contributed by atoms with Gasteiger partial charge in [-0.15, -0.1) is 11.3 Å². The van der Waals surface area contributed by atoms with Crippen LogP contribution in [0.5, 0.6) is 0 Å². The van der Waals surface area contributed by atoms with Gasteiger partial charge in [-0.1, -0.05) is 12.1 Å². The van der Waals surface area contributed by atoms with Crippen LogP contribution in [0.15, 0.2) is 48.7 Å². The Morgan fingerprint density at radius 1 is 1.04 bits per heavy atom. The summed E-state index contributed by atoms with van der Waals surface area (Å²) in [6, 6.07) is 8.82. The highest BCUT2D eigenvalue weighted by Gasteiger charge is 2.14. The van der Waals surface area contributed by atoms with Crippen molar-refractivity contribution in [3.8, 4) is 0 Å². The molecule has 0 unspecified atom stereocenters. The van der Waals surface area contributed by atoms with Crippen molar-refractivity contribution in [1.82, 2.24) is 4.98 Å². The van der Waals surface area contributed by atoms with E-state index in [1.807, 2.05) is 0 Å². The molecule has 0 radical (unpaired) electrons. The van der Waals surface area contributed by atoms with Crippen LogP contribution in [-0.4, -0.2) is 10.9 Å². The lowest BCUT2D eigenvalue weighted by Crippen LogP contribution is -2.13.